The minimum atomic E-state index is 0.427. The van der Waals surface area contributed by atoms with E-state index in [-0.39, 0.29) is 0 Å². The first-order valence-electron chi connectivity index (χ1n) is 4.89. The number of rotatable bonds is 3. The van der Waals surface area contributed by atoms with Gasteiger partial charge in [0.25, 0.3) is 0 Å². The van der Waals surface area contributed by atoms with Crippen molar-refractivity contribution in [2.75, 3.05) is 5.32 Å². The average molecular weight is 348 g/mol. The Morgan fingerprint density at radius 1 is 1.31 bits per heavy atom. The van der Waals surface area contributed by atoms with Crippen molar-refractivity contribution < 1.29 is 4.42 Å². The SMILES string of the molecule is Cc1cc(I)ccc1NCc1ccc(Cl)o1. The zero-order valence-electron chi connectivity index (χ0n) is 8.76. The lowest BCUT2D eigenvalue weighted by Crippen LogP contribution is -1.99. The highest BCUT2D eigenvalue weighted by molar-refractivity contribution is 14.1. The number of halogens is 2. The average Bonchev–Trinajstić information content (AvgIpc) is 2.63. The fourth-order valence-corrected chi connectivity index (χ4v) is 2.26. The third-order valence-electron chi connectivity index (χ3n) is 2.27. The molecule has 16 heavy (non-hydrogen) atoms. The van der Waals surface area contributed by atoms with E-state index in [4.69, 9.17) is 16.0 Å². The Morgan fingerprint density at radius 2 is 2.12 bits per heavy atom. The van der Waals surface area contributed by atoms with Crippen molar-refractivity contribution in [1.29, 1.82) is 0 Å². The molecule has 1 aromatic heterocycles. The molecule has 1 N–H and O–H groups in total. The Morgan fingerprint density at radius 3 is 2.75 bits per heavy atom. The van der Waals surface area contributed by atoms with Crippen LogP contribution in [-0.2, 0) is 6.54 Å². The lowest BCUT2D eigenvalue weighted by Gasteiger charge is -2.08. The molecule has 0 aliphatic carbocycles. The van der Waals surface area contributed by atoms with Crippen molar-refractivity contribution >= 4 is 39.9 Å². The van der Waals surface area contributed by atoms with Gasteiger partial charge in [-0.3, -0.25) is 0 Å². The van der Waals surface area contributed by atoms with E-state index in [1.807, 2.05) is 6.07 Å². The molecule has 0 amide bonds. The summed E-state index contributed by atoms with van der Waals surface area (Å²) in [7, 11) is 0. The summed E-state index contributed by atoms with van der Waals surface area (Å²) in [6.45, 7) is 2.73. The van der Waals surface area contributed by atoms with E-state index in [2.05, 4.69) is 53.0 Å². The molecule has 0 saturated carbocycles. The second-order valence-corrected chi connectivity index (χ2v) is 5.14. The van der Waals surface area contributed by atoms with Gasteiger partial charge >= 0.3 is 0 Å². The van der Waals surface area contributed by atoms with E-state index in [0.717, 1.165) is 11.4 Å². The van der Waals surface area contributed by atoms with Crippen molar-refractivity contribution in [1.82, 2.24) is 0 Å². The zero-order valence-corrected chi connectivity index (χ0v) is 11.7. The summed E-state index contributed by atoms with van der Waals surface area (Å²) in [6.07, 6.45) is 0. The number of anilines is 1. The maximum Gasteiger partial charge on any atom is 0.193 e. The van der Waals surface area contributed by atoms with E-state index in [0.29, 0.717) is 11.8 Å². The standard InChI is InChI=1S/C12H11ClINO/c1-8-6-9(14)2-4-11(8)15-7-10-3-5-12(13)16-10/h2-6,15H,7H2,1H3. The van der Waals surface area contributed by atoms with Crippen molar-refractivity contribution in [3.63, 3.8) is 0 Å². The molecular weight excluding hydrogens is 336 g/mol. The molecule has 0 aliphatic rings. The summed E-state index contributed by atoms with van der Waals surface area (Å²) in [5.74, 6) is 0.836. The minimum absolute atomic E-state index is 0.427. The highest BCUT2D eigenvalue weighted by atomic mass is 127. The van der Waals surface area contributed by atoms with Gasteiger partial charge in [0.05, 0.1) is 6.54 Å². The van der Waals surface area contributed by atoms with Crippen LogP contribution in [0.1, 0.15) is 11.3 Å². The van der Waals surface area contributed by atoms with Gasteiger partial charge in [0.2, 0.25) is 0 Å². The van der Waals surface area contributed by atoms with Crippen LogP contribution in [-0.4, -0.2) is 0 Å². The number of furan rings is 1. The number of hydrogen-bond donors (Lipinski definition) is 1. The van der Waals surface area contributed by atoms with Crippen LogP contribution in [0.15, 0.2) is 34.7 Å². The topological polar surface area (TPSA) is 25.2 Å². The van der Waals surface area contributed by atoms with E-state index in [1.165, 1.54) is 9.13 Å². The van der Waals surface area contributed by atoms with Crippen molar-refractivity contribution in [3.05, 3.63) is 50.4 Å². The Hall–Kier alpha value is -0.680. The summed E-state index contributed by atoms with van der Waals surface area (Å²) >= 11 is 8.00. The largest absolute Gasteiger partial charge is 0.448 e. The molecule has 0 fully saturated rings. The molecule has 0 saturated heterocycles. The first kappa shape index (κ1) is 11.8. The van der Waals surface area contributed by atoms with Crippen molar-refractivity contribution in [3.8, 4) is 0 Å². The highest BCUT2D eigenvalue weighted by Gasteiger charge is 2.01. The molecule has 0 aliphatic heterocycles. The van der Waals surface area contributed by atoms with Crippen LogP contribution in [0.2, 0.25) is 5.22 Å². The predicted octanol–water partition coefficient (Wildman–Crippen LogP) is 4.46. The summed E-state index contributed by atoms with van der Waals surface area (Å²) in [5, 5.41) is 3.74. The molecular formula is C12H11ClINO. The third kappa shape index (κ3) is 2.92. The number of benzene rings is 1. The summed E-state index contributed by atoms with van der Waals surface area (Å²) in [6, 6.07) is 9.90. The summed E-state index contributed by atoms with van der Waals surface area (Å²) < 4.78 is 6.51. The second-order valence-electron chi connectivity index (χ2n) is 3.52. The van der Waals surface area contributed by atoms with E-state index in [9.17, 15) is 0 Å². The van der Waals surface area contributed by atoms with Crippen LogP contribution in [0, 0.1) is 10.5 Å². The van der Waals surface area contributed by atoms with Gasteiger partial charge in [0, 0.05) is 9.26 Å². The van der Waals surface area contributed by atoms with Crippen LogP contribution in [0.4, 0.5) is 5.69 Å². The highest BCUT2D eigenvalue weighted by Crippen LogP contribution is 2.19. The molecule has 1 heterocycles. The fourth-order valence-electron chi connectivity index (χ4n) is 1.45. The molecule has 1 aromatic carbocycles. The lowest BCUT2D eigenvalue weighted by molar-refractivity contribution is 0.520. The smallest absolute Gasteiger partial charge is 0.193 e. The summed E-state index contributed by atoms with van der Waals surface area (Å²) in [5.41, 5.74) is 2.34. The number of aryl methyl sites for hydroxylation is 1. The van der Waals surface area contributed by atoms with Gasteiger partial charge in [-0.15, -0.1) is 0 Å². The second kappa shape index (κ2) is 5.10. The molecule has 4 heteroatoms. The van der Waals surface area contributed by atoms with Crippen LogP contribution in [0.3, 0.4) is 0 Å². The van der Waals surface area contributed by atoms with Gasteiger partial charge in [0.1, 0.15) is 5.76 Å². The molecule has 0 unspecified atom stereocenters. The van der Waals surface area contributed by atoms with Gasteiger partial charge in [0.15, 0.2) is 5.22 Å². The Balaban J connectivity index is 2.04. The van der Waals surface area contributed by atoms with Crippen molar-refractivity contribution in [2.24, 2.45) is 0 Å². The first-order valence-corrected chi connectivity index (χ1v) is 6.35. The quantitative estimate of drug-likeness (QED) is 0.829. The lowest BCUT2D eigenvalue weighted by atomic mass is 10.2. The van der Waals surface area contributed by atoms with Crippen LogP contribution in [0.5, 0.6) is 0 Å². The Labute approximate surface area is 113 Å². The molecule has 0 spiro atoms. The van der Waals surface area contributed by atoms with Crippen LogP contribution >= 0.6 is 34.2 Å². The molecule has 2 rings (SSSR count). The number of hydrogen-bond acceptors (Lipinski definition) is 2. The molecule has 0 radical (unpaired) electrons. The third-order valence-corrected chi connectivity index (χ3v) is 3.14. The maximum absolute atomic E-state index is 5.70. The predicted molar refractivity (Wildman–Crippen MR) is 74.9 cm³/mol. The Bertz CT molecular complexity index is 496. The Kier molecular flexibility index (Phi) is 3.76. The number of nitrogens with one attached hydrogen (secondary N) is 1. The van der Waals surface area contributed by atoms with Gasteiger partial charge in [-0.05, 0) is 77.0 Å². The van der Waals surface area contributed by atoms with Gasteiger partial charge in [-0.2, -0.15) is 0 Å². The van der Waals surface area contributed by atoms with Gasteiger partial charge in [-0.1, -0.05) is 0 Å². The van der Waals surface area contributed by atoms with Gasteiger partial charge in [-0.25, -0.2) is 0 Å². The molecule has 2 aromatic rings. The normalized spacial score (nSPS) is 10.4. The molecule has 0 atom stereocenters. The minimum Gasteiger partial charge on any atom is -0.448 e. The molecule has 0 bridgehead atoms. The monoisotopic (exact) mass is 347 g/mol. The van der Waals surface area contributed by atoms with Crippen molar-refractivity contribution in [2.45, 2.75) is 13.5 Å². The van der Waals surface area contributed by atoms with E-state index >= 15 is 0 Å². The first-order chi connectivity index (χ1) is 7.65. The zero-order chi connectivity index (χ0) is 11.5. The molecule has 84 valence electrons. The van der Waals surface area contributed by atoms with Crippen LogP contribution < -0.4 is 5.32 Å². The van der Waals surface area contributed by atoms with E-state index < -0.39 is 0 Å². The fraction of sp³-hybridized carbons (Fsp3) is 0.167. The van der Waals surface area contributed by atoms with E-state index in [1.54, 1.807) is 6.07 Å². The van der Waals surface area contributed by atoms with Gasteiger partial charge < -0.3 is 9.73 Å². The summed E-state index contributed by atoms with van der Waals surface area (Å²) in [4.78, 5) is 0. The molecule has 2 nitrogen and oxygen atoms in total. The maximum atomic E-state index is 5.70. The van der Waals surface area contributed by atoms with Crippen LogP contribution in [0.25, 0.3) is 0 Å².